The van der Waals surface area contributed by atoms with E-state index >= 15 is 0 Å². The summed E-state index contributed by atoms with van der Waals surface area (Å²) in [5.41, 5.74) is 10.8. The third kappa shape index (κ3) is 3.55. The van der Waals surface area contributed by atoms with Crippen LogP contribution in [0.5, 0.6) is 0 Å². The highest BCUT2D eigenvalue weighted by Crippen LogP contribution is 2.61. The van der Waals surface area contributed by atoms with Crippen molar-refractivity contribution >= 4 is 17.0 Å². The second kappa shape index (κ2) is 7.93. The maximum Gasteiger partial charge on any atom is 0.173 e. The number of fused-ring (bicyclic) bond motifs is 4. The lowest BCUT2D eigenvalue weighted by atomic mass is 9.62. The van der Waals surface area contributed by atoms with Crippen molar-refractivity contribution in [3.63, 3.8) is 0 Å². The van der Waals surface area contributed by atoms with Crippen LogP contribution in [0.15, 0.2) is 67.2 Å². The van der Waals surface area contributed by atoms with E-state index in [1.165, 1.54) is 46.3 Å². The van der Waals surface area contributed by atoms with Gasteiger partial charge >= 0.3 is 0 Å². The van der Waals surface area contributed by atoms with Crippen molar-refractivity contribution in [3.8, 4) is 0 Å². The Bertz CT molecular complexity index is 1440. The predicted molar refractivity (Wildman–Crippen MR) is 155 cm³/mol. The molecule has 0 amide bonds. The van der Waals surface area contributed by atoms with Crippen LogP contribution in [0, 0.1) is 12.8 Å². The molecule has 1 aliphatic heterocycles. The van der Waals surface area contributed by atoms with Crippen LogP contribution >= 0.6 is 0 Å². The molecule has 3 aliphatic rings. The zero-order chi connectivity index (χ0) is 26.3. The molecule has 1 saturated carbocycles. The highest BCUT2D eigenvalue weighted by Gasteiger charge is 2.63. The molecule has 0 bridgehead atoms. The zero-order valence-corrected chi connectivity index (χ0v) is 23.2. The number of aryl methyl sites for hydroxylation is 1. The standard InChI is InChI=1S/C35H39NO/c1-22-18-29-30(34(5,6)17-16-33(29,3)4)19-27(22)23(2)24-12-14-25(15-13-24)32(37)35-20-26(35)21-36(7)31-11-9-8-10-28(31)35/h8-15,18-19,26H,2,16-17,20-21H2,1,3-7H3/t26-,35+/m0/s1. The van der Waals surface area contributed by atoms with E-state index in [-0.39, 0.29) is 22.0 Å². The van der Waals surface area contributed by atoms with Crippen molar-refractivity contribution in [1.29, 1.82) is 0 Å². The molecule has 0 unspecified atom stereocenters. The second-order valence-electron chi connectivity index (χ2n) is 13.1. The van der Waals surface area contributed by atoms with E-state index < -0.39 is 0 Å². The van der Waals surface area contributed by atoms with E-state index in [1.54, 1.807) is 0 Å². The fourth-order valence-electron chi connectivity index (χ4n) is 7.18. The summed E-state index contributed by atoms with van der Waals surface area (Å²) < 4.78 is 0. The van der Waals surface area contributed by atoms with Gasteiger partial charge in [-0.05, 0) is 88.0 Å². The number of carbonyl (C=O) groups is 1. The molecule has 37 heavy (non-hydrogen) atoms. The largest absolute Gasteiger partial charge is 0.374 e. The van der Waals surface area contributed by atoms with E-state index in [0.717, 1.165) is 29.7 Å². The molecule has 2 aliphatic carbocycles. The lowest BCUT2D eigenvalue weighted by molar-refractivity contribution is 0.0936. The van der Waals surface area contributed by atoms with Gasteiger partial charge in [0.05, 0.1) is 5.41 Å². The molecular formula is C35H39NO. The van der Waals surface area contributed by atoms with Gasteiger partial charge in [0.15, 0.2) is 5.78 Å². The minimum absolute atomic E-state index is 0.161. The third-order valence-corrected chi connectivity index (χ3v) is 9.82. The topological polar surface area (TPSA) is 20.3 Å². The molecule has 2 atom stereocenters. The SMILES string of the molecule is C=C(c1ccc(C(=O)[C@]23C[C@H]2CN(C)c2ccccc23)cc1)c1cc2c(cc1C)C(C)(C)CCC2(C)C. The maximum atomic E-state index is 13.9. The summed E-state index contributed by atoms with van der Waals surface area (Å²) in [6, 6.07) is 21.5. The van der Waals surface area contributed by atoms with Crippen molar-refractivity contribution in [1.82, 2.24) is 0 Å². The Morgan fingerprint density at radius 1 is 0.865 bits per heavy atom. The van der Waals surface area contributed by atoms with E-state index in [4.69, 9.17) is 0 Å². The number of para-hydroxylation sites is 1. The van der Waals surface area contributed by atoms with Gasteiger partial charge in [0.2, 0.25) is 0 Å². The predicted octanol–water partition coefficient (Wildman–Crippen LogP) is 8.00. The number of ketones is 1. The summed E-state index contributed by atoms with van der Waals surface area (Å²) in [4.78, 5) is 16.2. The van der Waals surface area contributed by atoms with Crippen LogP contribution < -0.4 is 4.90 Å². The molecule has 2 heteroatoms. The monoisotopic (exact) mass is 489 g/mol. The fourth-order valence-corrected chi connectivity index (χ4v) is 7.18. The Hall–Kier alpha value is -3.13. The summed E-state index contributed by atoms with van der Waals surface area (Å²) in [6.07, 6.45) is 3.36. The molecule has 1 heterocycles. The number of benzene rings is 3. The van der Waals surface area contributed by atoms with Crippen LogP contribution in [0.25, 0.3) is 5.57 Å². The first-order valence-electron chi connectivity index (χ1n) is 13.8. The molecule has 3 aromatic rings. The van der Waals surface area contributed by atoms with Gasteiger partial charge < -0.3 is 4.90 Å². The maximum absolute atomic E-state index is 13.9. The van der Waals surface area contributed by atoms with Crippen LogP contribution in [-0.4, -0.2) is 19.4 Å². The highest BCUT2D eigenvalue weighted by molar-refractivity contribution is 6.08. The average Bonchev–Trinajstić information content (AvgIpc) is 3.62. The van der Waals surface area contributed by atoms with Crippen molar-refractivity contribution in [2.45, 2.75) is 70.1 Å². The Morgan fingerprint density at radius 3 is 2.14 bits per heavy atom. The number of carbonyl (C=O) groups excluding carboxylic acids is 1. The van der Waals surface area contributed by atoms with E-state index in [0.29, 0.717) is 5.92 Å². The molecule has 0 radical (unpaired) electrons. The first kappa shape index (κ1) is 24.2. The minimum Gasteiger partial charge on any atom is -0.374 e. The second-order valence-corrected chi connectivity index (χ2v) is 13.1. The number of nitrogens with zero attached hydrogens (tertiary/aromatic N) is 1. The van der Waals surface area contributed by atoms with Crippen LogP contribution in [0.3, 0.4) is 0 Å². The first-order valence-corrected chi connectivity index (χ1v) is 13.8. The zero-order valence-electron chi connectivity index (χ0n) is 23.2. The normalized spacial score (nSPS) is 24.5. The third-order valence-electron chi connectivity index (χ3n) is 9.82. The van der Waals surface area contributed by atoms with Crippen molar-refractivity contribution in [2.75, 3.05) is 18.5 Å². The van der Waals surface area contributed by atoms with Crippen molar-refractivity contribution in [2.24, 2.45) is 5.92 Å². The average molecular weight is 490 g/mol. The van der Waals surface area contributed by atoms with Gasteiger partial charge in [0.25, 0.3) is 0 Å². The molecule has 2 nitrogen and oxygen atoms in total. The summed E-state index contributed by atoms with van der Waals surface area (Å²) in [7, 11) is 2.14. The number of hydrogen-bond donors (Lipinski definition) is 0. The summed E-state index contributed by atoms with van der Waals surface area (Å²) >= 11 is 0. The highest BCUT2D eigenvalue weighted by atomic mass is 16.1. The summed E-state index contributed by atoms with van der Waals surface area (Å²) in [5, 5.41) is 0. The van der Waals surface area contributed by atoms with E-state index in [2.05, 4.69) is 102 Å². The van der Waals surface area contributed by atoms with E-state index in [1.807, 2.05) is 12.1 Å². The molecule has 3 aromatic carbocycles. The van der Waals surface area contributed by atoms with Crippen LogP contribution in [0.4, 0.5) is 5.69 Å². The minimum atomic E-state index is -0.352. The van der Waals surface area contributed by atoms with Gasteiger partial charge in [-0.3, -0.25) is 4.79 Å². The number of hydrogen-bond acceptors (Lipinski definition) is 2. The molecular weight excluding hydrogens is 450 g/mol. The molecule has 0 saturated heterocycles. The summed E-state index contributed by atoms with van der Waals surface area (Å²) in [6.45, 7) is 17.2. The van der Waals surface area contributed by atoms with Gasteiger partial charge in [0.1, 0.15) is 0 Å². The number of anilines is 1. The Balaban J connectivity index is 1.32. The van der Waals surface area contributed by atoms with Gasteiger partial charge in [0, 0.05) is 24.8 Å². The Morgan fingerprint density at radius 2 is 1.46 bits per heavy atom. The molecule has 190 valence electrons. The van der Waals surface area contributed by atoms with E-state index in [9.17, 15) is 4.79 Å². The smallest absolute Gasteiger partial charge is 0.173 e. The lowest BCUT2D eigenvalue weighted by Crippen LogP contribution is -2.35. The van der Waals surface area contributed by atoms with Gasteiger partial charge in [-0.15, -0.1) is 0 Å². The van der Waals surface area contributed by atoms with Gasteiger partial charge in [-0.2, -0.15) is 0 Å². The van der Waals surface area contributed by atoms with Crippen molar-refractivity contribution in [3.05, 3.63) is 106 Å². The quantitative estimate of drug-likeness (QED) is 0.346. The van der Waals surface area contributed by atoms with Crippen LogP contribution in [0.2, 0.25) is 0 Å². The van der Waals surface area contributed by atoms with Crippen molar-refractivity contribution < 1.29 is 4.79 Å². The number of Topliss-reactive ketones (excluding diaryl/α,β-unsaturated/α-hetero) is 1. The fraction of sp³-hybridized carbons (Fsp3) is 0.400. The molecule has 1 fully saturated rings. The Labute approximate surface area is 222 Å². The molecule has 6 rings (SSSR count). The van der Waals surface area contributed by atoms with Gasteiger partial charge in [-0.1, -0.05) is 88.9 Å². The summed E-state index contributed by atoms with van der Waals surface area (Å²) in [5.74, 6) is 0.671. The van der Waals surface area contributed by atoms with Crippen LogP contribution in [-0.2, 0) is 16.2 Å². The molecule has 0 aromatic heterocycles. The lowest BCUT2D eigenvalue weighted by Gasteiger charge is -2.42. The molecule has 0 N–H and O–H groups in total. The van der Waals surface area contributed by atoms with Crippen LogP contribution in [0.1, 0.15) is 90.7 Å². The van der Waals surface area contributed by atoms with Gasteiger partial charge in [-0.25, -0.2) is 0 Å². The molecule has 0 spiro atoms. The Kier molecular flexibility index (Phi) is 5.19. The first-order chi connectivity index (χ1) is 17.5. The number of rotatable bonds is 4.